The van der Waals surface area contributed by atoms with Crippen molar-refractivity contribution < 1.29 is 14.3 Å². The summed E-state index contributed by atoms with van der Waals surface area (Å²) in [5.74, 6) is 2.07. The molecule has 0 aliphatic carbocycles. The molecule has 1 unspecified atom stereocenters. The maximum atomic E-state index is 13.1. The number of amides is 1. The molecule has 1 aromatic heterocycles. The van der Waals surface area contributed by atoms with Gasteiger partial charge in [0, 0.05) is 18.4 Å². The van der Waals surface area contributed by atoms with Crippen molar-refractivity contribution in [1.29, 1.82) is 0 Å². The van der Waals surface area contributed by atoms with E-state index in [4.69, 9.17) is 9.47 Å². The molecule has 2 aromatic carbocycles. The third-order valence-corrected chi connectivity index (χ3v) is 6.56. The van der Waals surface area contributed by atoms with Gasteiger partial charge >= 0.3 is 0 Å². The van der Waals surface area contributed by atoms with Crippen molar-refractivity contribution in [2.45, 2.75) is 30.3 Å². The van der Waals surface area contributed by atoms with Gasteiger partial charge in [-0.3, -0.25) is 4.79 Å². The van der Waals surface area contributed by atoms with Gasteiger partial charge < -0.3 is 14.4 Å². The van der Waals surface area contributed by atoms with Crippen LogP contribution in [0, 0.1) is 0 Å². The number of ether oxygens (including phenoxy) is 2. The van der Waals surface area contributed by atoms with Gasteiger partial charge in [0.2, 0.25) is 5.91 Å². The highest BCUT2D eigenvalue weighted by Gasteiger charge is 2.30. The van der Waals surface area contributed by atoms with Crippen LogP contribution >= 0.6 is 11.8 Å². The van der Waals surface area contributed by atoms with Crippen molar-refractivity contribution in [2.24, 2.45) is 0 Å². The first-order valence-corrected chi connectivity index (χ1v) is 11.3. The van der Waals surface area contributed by atoms with Crippen LogP contribution in [0.2, 0.25) is 0 Å². The molecule has 2 aliphatic heterocycles. The Kier molecular flexibility index (Phi) is 5.45. The van der Waals surface area contributed by atoms with Crippen LogP contribution < -0.4 is 9.47 Å². The van der Waals surface area contributed by atoms with E-state index in [0.717, 1.165) is 58.8 Å². The molecular formula is C23H23N3O3S. The summed E-state index contributed by atoms with van der Waals surface area (Å²) in [7, 11) is 0. The van der Waals surface area contributed by atoms with Gasteiger partial charge in [-0.05, 0) is 36.6 Å². The Morgan fingerprint density at radius 3 is 2.87 bits per heavy atom. The monoisotopic (exact) mass is 421 g/mol. The molecule has 0 saturated carbocycles. The lowest BCUT2D eigenvalue weighted by Gasteiger charge is -2.25. The van der Waals surface area contributed by atoms with Gasteiger partial charge in [0.05, 0.1) is 30.5 Å². The van der Waals surface area contributed by atoms with Gasteiger partial charge in [0.15, 0.2) is 11.5 Å². The summed E-state index contributed by atoms with van der Waals surface area (Å²) in [5, 5.41) is 1.83. The second-order valence-corrected chi connectivity index (χ2v) is 8.45. The minimum atomic E-state index is 0.0809. The minimum Gasteiger partial charge on any atom is -0.490 e. The Hall–Kier alpha value is -2.80. The first-order chi connectivity index (χ1) is 14.8. The molecule has 1 fully saturated rings. The summed E-state index contributed by atoms with van der Waals surface area (Å²) in [5.41, 5.74) is 2.01. The number of para-hydroxylation sites is 1. The van der Waals surface area contributed by atoms with Crippen molar-refractivity contribution in [3.05, 3.63) is 54.4 Å². The average molecular weight is 422 g/mol. The van der Waals surface area contributed by atoms with Crippen LogP contribution in [0.5, 0.6) is 11.5 Å². The zero-order valence-electron chi connectivity index (χ0n) is 16.6. The van der Waals surface area contributed by atoms with E-state index >= 15 is 0 Å². The van der Waals surface area contributed by atoms with Crippen LogP contribution in [-0.4, -0.2) is 46.3 Å². The van der Waals surface area contributed by atoms with Gasteiger partial charge in [0.25, 0.3) is 0 Å². The molecule has 5 rings (SSSR count). The summed E-state index contributed by atoms with van der Waals surface area (Å²) in [6, 6.07) is 14.0. The highest BCUT2D eigenvalue weighted by molar-refractivity contribution is 8.00. The summed E-state index contributed by atoms with van der Waals surface area (Å²) in [6.45, 7) is 2.12. The van der Waals surface area contributed by atoms with E-state index in [1.165, 1.54) is 11.8 Å². The van der Waals surface area contributed by atoms with Crippen LogP contribution in [0.3, 0.4) is 0 Å². The molecule has 0 bridgehead atoms. The van der Waals surface area contributed by atoms with Gasteiger partial charge in [-0.25, -0.2) is 9.97 Å². The molecule has 6 nitrogen and oxygen atoms in total. The smallest absolute Gasteiger partial charge is 0.233 e. The zero-order valence-corrected chi connectivity index (χ0v) is 17.4. The maximum Gasteiger partial charge on any atom is 0.233 e. The maximum absolute atomic E-state index is 13.1. The summed E-state index contributed by atoms with van der Waals surface area (Å²) < 4.78 is 11.6. The van der Waals surface area contributed by atoms with E-state index in [0.29, 0.717) is 19.0 Å². The fourth-order valence-electron chi connectivity index (χ4n) is 4.11. The average Bonchev–Trinajstić information content (AvgIpc) is 3.16. The molecule has 3 heterocycles. The summed E-state index contributed by atoms with van der Waals surface area (Å²) in [6.07, 6.45) is 4.41. The topological polar surface area (TPSA) is 64.6 Å². The van der Waals surface area contributed by atoms with E-state index in [-0.39, 0.29) is 11.9 Å². The molecule has 3 aromatic rings. The number of hydrogen-bond acceptors (Lipinski definition) is 6. The SMILES string of the molecule is O=C(CSc1ncnc2ccccc12)N1CCCC1c1ccc2c(c1)OCCCO2. The molecule has 0 N–H and O–H groups in total. The Labute approximate surface area is 179 Å². The van der Waals surface area contributed by atoms with Crippen LogP contribution in [0.1, 0.15) is 30.9 Å². The number of hydrogen-bond donors (Lipinski definition) is 0. The lowest BCUT2D eigenvalue weighted by atomic mass is 10.0. The van der Waals surface area contributed by atoms with E-state index in [1.54, 1.807) is 6.33 Å². The van der Waals surface area contributed by atoms with Crippen LogP contribution in [-0.2, 0) is 4.79 Å². The molecule has 1 amide bonds. The number of thioether (sulfide) groups is 1. The highest BCUT2D eigenvalue weighted by atomic mass is 32.2. The van der Waals surface area contributed by atoms with Gasteiger partial charge in [0.1, 0.15) is 11.4 Å². The Bertz CT molecular complexity index is 1070. The lowest BCUT2D eigenvalue weighted by molar-refractivity contribution is -0.129. The molecule has 30 heavy (non-hydrogen) atoms. The molecule has 2 aliphatic rings. The number of benzene rings is 2. The Balaban J connectivity index is 1.31. The Morgan fingerprint density at radius 1 is 1.07 bits per heavy atom. The number of carbonyl (C=O) groups excluding carboxylic acids is 1. The van der Waals surface area contributed by atoms with Gasteiger partial charge in [-0.15, -0.1) is 0 Å². The fraction of sp³-hybridized carbons (Fsp3) is 0.348. The Morgan fingerprint density at radius 2 is 1.93 bits per heavy atom. The summed E-state index contributed by atoms with van der Waals surface area (Å²) >= 11 is 1.48. The second kappa shape index (κ2) is 8.52. The zero-order chi connectivity index (χ0) is 20.3. The molecule has 154 valence electrons. The summed E-state index contributed by atoms with van der Waals surface area (Å²) in [4.78, 5) is 23.8. The highest BCUT2D eigenvalue weighted by Crippen LogP contribution is 2.38. The second-order valence-electron chi connectivity index (χ2n) is 7.49. The third-order valence-electron chi connectivity index (χ3n) is 5.57. The van der Waals surface area contributed by atoms with Crippen LogP contribution in [0.15, 0.2) is 53.8 Å². The number of nitrogens with zero attached hydrogens (tertiary/aromatic N) is 3. The first-order valence-electron chi connectivity index (χ1n) is 10.3. The van der Waals surface area contributed by atoms with Crippen molar-refractivity contribution in [3.63, 3.8) is 0 Å². The molecular weight excluding hydrogens is 398 g/mol. The normalized spacial score (nSPS) is 18.4. The minimum absolute atomic E-state index is 0.0809. The largest absolute Gasteiger partial charge is 0.490 e. The van der Waals surface area contributed by atoms with Gasteiger partial charge in [-0.2, -0.15) is 0 Å². The number of fused-ring (bicyclic) bond motifs is 2. The number of aromatic nitrogens is 2. The fourth-order valence-corrected chi connectivity index (χ4v) is 4.98. The molecule has 7 heteroatoms. The van der Waals surface area contributed by atoms with Crippen molar-refractivity contribution in [2.75, 3.05) is 25.5 Å². The standard InChI is InChI=1S/C23H23N3O3S/c27-22(14-30-23-17-5-1-2-6-18(17)24-15-25-23)26-10-3-7-19(26)16-8-9-20-21(13-16)29-12-4-11-28-20/h1-2,5-6,8-9,13,15,19H,3-4,7,10-12,14H2. The van der Waals surface area contributed by atoms with Crippen molar-refractivity contribution >= 4 is 28.6 Å². The van der Waals surface area contributed by atoms with E-state index in [2.05, 4.69) is 16.0 Å². The predicted molar refractivity (Wildman–Crippen MR) is 116 cm³/mol. The van der Waals surface area contributed by atoms with E-state index in [1.807, 2.05) is 41.3 Å². The van der Waals surface area contributed by atoms with Gasteiger partial charge in [-0.1, -0.05) is 36.0 Å². The lowest BCUT2D eigenvalue weighted by Crippen LogP contribution is -2.32. The third kappa shape index (κ3) is 3.81. The quantitative estimate of drug-likeness (QED) is 0.464. The van der Waals surface area contributed by atoms with Crippen molar-refractivity contribution in [1.82, 2.24) is 14.9 Å². The van der Waals surface area contributed by atoms with Crippen LogP contribution in [0.25, 0.3) is 10.9 Å². The van der Waals surface area contributed by atoms with Crippen LogP contribution in [0.4, 0.5) is 0 Å². The molecule has 1 saturated heterocycles. The first kappa shape index (κ1) is 19.2. The molecule has 0 radical (unpaired) electrons. The number of likely N-dealkylation sites (tertiary alicyclic amines) is 1. The molecule has 1 atom stereocenters. The predicted octanol–water partition coefficient (Wildman–Crippen LogP) is 4.25. The van der Waals surface area contributed by atoms with E-state index < -0.39 is 0 Å². The number of carbonyl (C=O) groups is 1. The molecule has 0 spiro atoms. The number of rotatable bonds is 4. The van der Waals surface area contributed by atoms with E-state index in [9.17, 15) is 4.79 Å². The van der Waals surface area contributed by atoms with Crippen molar-refractivity contribution in [3.8, 4) is 11.5 Å².